The Labute approximate surface area is 129 Å². The first-order valence-corrected chi connectivity index (χ1v) is 8.29. The summed E-state index contributed by atoms with van der Waals surface area (Å²) in [4.78, 5) is 0.917. The zero-order valence-electron chi connectivity index (χ0n) is 11.9. The molecule has 0 atom stereocenters. The van der Waals surface area contributed by atoms with E-state index in [0.717, 1.165) is 16.1 Å². The highest BCUT2D eigenvalue weighted by atomic mass is 32.1. The van der Waals surface area contributed by atoms with Crippen molar-refractivity contribution in [3.63, 3.8) is 0 Å². The molecule has 4 heteroatoms. The molecule has 0 amide bonds. The highest BCUT2D eigenvalue weighted by Gasteiger charge is 2.19. The molecule has 110 valence electrons. The first-order chi connectivity index (χ1) is 10.3. The van der Waals surface area contributed by atoms with E-state index in [1.165, 1.54) is 31.2 Å². The van der Waals surface area contributed by atoms with Crippen molar-refractivity contribution in [2.75, 3.05) is 5.32 Å². The lowest BCUT2D eigenvalue weighted by molar-refractivity contribution is 0.280. The van der Waals surface area contributed by atoms with Gasteiger partial charge in [0.1, 0.15) is 5.84 Å². The largest absolute Gasteiger partial charge is 0.392 e. The van der Waals surface area contributed by atoms with Crippen LogP contribution in [0.15, 0.2) is 35.7 Å². The summed E-state index contributed by atoms with van der Waals surface area (Å²) in [6, 6.07) is 9.99. The number of rotatable bonds is 4. The van der Waals surface area contributed by atoms with Gasteiger partial charge in [0.05, 0.1) is 11.5 Å². The number of anilines is 1. The van der Waals surface area contributed by atoms with Gasteiger partial charge in [0.2, 0.25) is 0 Å². The number of aliphatic hydroxyl groups excluding tert-OH is 1. The Kier molecular flexibility index (Phi) is 4.36. The summed E-state index contributed by atoms with van der Waals surface area (Å²) in [6.07, 6.45) is 5.03. The lowest BCUT2D eigenvalue weighted by atomic mass is 9.93. The van der Waals surface area contributed by atoms with Crippen LogP contribution in [-0.2, 0) is 6.61 Å². The van der Waals surface area contributed by atoms with E-state index in [0.29, 0.717) is 11.8 Å². The normalized spacial score (nSPS) is 15.3. The second kappa shape index (κ2) is 6.41. The average molecular weight is 300 g/mol. The fourth-order valence-electron chi connectivity index (χ4n) is 3.08. The Bertz CT molecular complexity index is 616. The van der Waals surface area contributed by atoms with Gasteiger partial charge in [-0.1, -0.05) is 25.0 Å². The van der Waals surface area contributed by atoms with E-state index < -0.39 is 0 Å². The first-order valence-electron chi connectivity index (χ1n) is 7.41. The Morgan fingerprint density at radius 1 is 1.29 bits per heavy atom. The Hall–Kier alpha value is -1.65. The zero-order valence-corrected chi connectivity index (χ0v) is 12.7. The molecule has 3 rings (SSSR count). The molecule has 1 heterocycles. The minimum atomic E-state index is 0.0632. The molecule has 0 saturated heterocycles. The number of benzene rings is 1. The van der Waals surface area contributed by atoms with Crippen LogP contribution >= 0.6 is 11.3 Å². The van der Waals surface area contributed by atoms with Crippen molar-refractivity contribution in [3.8, 4) is 0 Å². The molecule has 0 aliphatic heterocycles. The number of hydrogen-bond donors (Lipinski definition) is 3. The van der Waals surface area contributed by atoms with Crippen LogP contribution in [0.1, 0.15) is 47.6 Å². The SMILES string of the molecule is N=C(Nc1ccc(C2CCCC2)c(CO)c1)c1cccs1. The highest BCUT2D eigenvalue weighted by Crippen LogP contribution is 2.36. The molecule has 0 bridgehead atoms. The standard InChI is InChI=1S/C17H20N2OS/c18-17(16-6-3-9-21-16)19-14-7-8-15(13(10-14)11-20)12-4-1-2-5-12/h3,6-10,12,20H,1-2,4-5,11H2,(H2,18,19). The number of nitrogens with one attached hydrogen (secondary N) is 2. The number of amidine groups is 1. The summed E-state index contributed by atoms with van der Waals surface area (Å²) in [7, 11) is 0. The van der Waals surface area contributed by atoms with Gasteiger partial charge >= 0.3 is 0 Å². The van der Waals surface area contributed by atoms with Gasteiger partial charge in [-0.15, -0.1) is 11.3 Å². The Morgan fingerprint density at radius 2 is 2.10 bits per heavy atom. The lowest BCUT2D eigenvalue weighted by Crippen LogP contribution is -2.11. The van der Waals surface area contributed by atoms with Crippen molar-refractivity contribution in [2.24, 2.45) is 0 Å². The van der Waals surface area contributed by atoms with Crippen LogP contribution in [0.4, 0.5) is 5.69 Å². The molecule has 0 unspecified atom stereocenters. The third kappa shape index (κ3) is 3.17. The van der Waals surface area contributed by atoms with Gasteiger partial charge < -0.3 is 10.4 Å². The van der Waals surface area contributed by atoms with E-state index in [9.17, 15) is 5.11 Å². The summed E-state index contributed by atoms with van der Waals surface area (Å²) < 4.78 is 0. The molecule has 0 radical (unpaired) electrons. The molecule has 1 fully saturated rings. The molecule has 21 heavy (non-hydrogen) atoms. The van der Waals surface area contributed by atoms with Crippen molar-refractivity contribution >= 4 is 22.9 Å². The molecule has 1 aliphatic rings. The average Bonchev–Trinajstić information content (AvgIpc) is 3.20. The predicted molar refractivity (Wildman–Crippen MR) is 88.3 cm³/mol. The molecule has 3 N–H and O–H groups in total. The van der Waals surface area contributed by atoms with Crippen molar-refractivity contribution in [1.82, 2.24) is 0 Å². The van der Waals surface area contributed by atoms with Gasteiger partial charge in [0.25, 0.3) is 0 Å². The van der Waals surface area contributed by atoms with Crippen LogP contribution in [0.2, 0.25) is 0 Å². The topological polar surface area (TPSA) is 56.1 Å². The maximum absolute atomic E-state index is 9.64. The minimum absolute atomic E-state index is 0.0632. The molecule has 1 saturated carbocycles. The van der Waals surface area contributed by atoms with Crippen LogP contribution in [0.3, 0.4) is 0 Å². The smallest absolute Gasteiger partial charge is 0.140 e. The number of thiophene rings is 1. The third-order valence-corrected chi connectivity index (χ3v) is 5.03. The van der Waals surface area contributed by atoms with Crippen LogP contribution in [0.25, 0.3) is 0 Å². The molecular weight excluding hydrogens is 280 g/mol. The van der Waals surface area contributed by atoms with Crippen LogP contribution in [-0.4, -0.2) is 10.9 Å². The van der Waals surface area contributed by atoms with Gasteiger partial charge in [-0.2, -0.15) is 0 Å². The van der Waals surface area contributed by atoms with Gasteiger partial charge in [-0.3, -0.25) is 5.41 Å². The van der Waals surface area contributed by atoms with Gasteiger partial charge in [-0.25, -0.2) is 0 Å². The van der Waals surface area contributed by atoms with E-state index in [4.69, 9.17) is 5.41 Å². The Balaban J connectivity index is 1.79. The van der Waals surface area contributed by atoms with E-state index in [-0.39, 0.29) is 6.61 Å². The Morgan fingerprint density at radius 3 is 2.76 bits per heavy atom. The monoisotopic (exact) mass is 300 g/mol. The third-order valence-electron chi connectivity index (χ3n) is 4.15. The number of aliphatic hydroxyl groups is 1. The molecule has 2 aromatic rings. The van der Waals surface area contributed by atoms with Crippen molar-refractivity contribution < 1.29 is 5.11 Å². The van der Waals surface area contributed by atoms with Crippen molar-refractivity contribution in [2.45, 2.75) is 38.2 Å². The maximum Gasteiger partial charge on any atom is 0.140 e. The summed E-state index contributed by atoms with van der Waals surface area (Å²) in [6.45, 7) is 0.0632. The summed E-state index contributed by atoms with van der Waals surface area (Å²) in [5.41, 5.74) is 3.15. The van der Waals surface area contributed by atoms with Gasteiger partial charge in [0.15, 0.2) is 0 Å². The molecule has 3 nitrogen and oxygen atoms in total. The highest BCUT2D eigenvalue weighted by molar-refractivity contribution is 7.12. The second-order valence-electron chi connectivity index (χ2n) is 5.53. The molecule has 1 aromatic heterocycles. The number of hydrogen-bond acceptors (Lipinski definition) is 3. The summed E-state index contributed by atoms with van der Waals surface area (Å²) >= 11 is 1.55. The second-order valence-corrected chi connectivity index (χ2v) is 6.48. The van der Waals surface area contributed by atoms with Gasteiger partial charge in [0, 0.05) is 5.69 Å². The predicted octanol–water partition coefficient (Wildman–Crippen LogP) is 4.34. The molecular formula is C17H20N2OS. The van der Waals surface area contributed by atoms with Crippen molar-refractivity contribution in [1.29, 1.82) is 5.41 Å². The minimum Gasteiger partial charge on any atom is -0.392 e. The lowest BCUT2D eigenvalue weighted by Gasteiger charge is -2.16. The quantitative estimate of drug-likeness (QED) is 0.581. The van der Waals surface area contributed by atoms with Crippen LogP contribution in [0, 0.1) is 5.41 Å². The summed E-state index contributed by atoms with van der Waals surface area (Å²) in [5.74, 6) is 1.00. The van der Waals surface area contributed by atoms with E-state index >= 15 is 0 Å². The fourth-order valence-corrected chi connectivity index (χ4v) is 3.71. The van der Waals surface area contributed by atoms with Crippen LogP contribution in [0.5, 0.6) is 0 Å². The van der Waals surface area contributed by atoms with E-state index in [2.05, 4.69) is 11.4 Å². The molecule has 1 aliphatic carbocycles. The van der Waals surface area contributed by atoms with Gasteiger partial charge in [-0.05, 0) is 53.5 Å². The first kappa shape index (κ1) is 14.3. The zero-order chi connectivity index (χ0) is 14.7. The fraction of sp³-hybridized carbons (Fsp3) is 0.353. The van der Waals surface area contributed by atoms with Crippen molar-refractivity contribution in [3.05, 3.63) is 51.7 Å². The molecule has 1 aromatic carbocycles. The summed E-state index contributed by atoms with van der Waals surface area (Å²) in [5, 5.41) is 22.8. The van der Waals surface area contributed by atoms with E-state index in [1.807, 2.05) is 29.6 Å². The van der Waals surface area contributed by atoms with Crippen LogP contribution < -0.4 is 5.32 Å². The maximum atomic E-state index is 9.64. The van der Waals surface area contributed by atoms with E-state index in [1.54, 1.807) is 11.3 Å². The molecule has 0 spiro atoms.